The van der Waals surface area contributed by atoms with Gasteiger partial charge in [0.2, 0.25) is 5.89 Å². The fourth-order valence-corrected chi connectivity index (χ4v) is 2.60. The summed E-state index contributed by atoms with van der Waals surface area (Å²) in [7, 11) is 1.88. The molecule has 2 rings (SSSR count). The van der Waals surface area contributed by atoms with Gasteiger partial charge in [0.05, 0.1) is 5.69 Å². The average Bonchev–Trinajstić information content (AvgIpc) is 2.85. The lowest BCUT2D eigenvalue weighted by Gasteiger charge is -2.27. The van der Waals surface area contributed by atoms with Crippen molar-refractivity contribution in [3.63, 3.8) is 0 Å². The van der Waals surface area contributed by atoms with E-state index in [9.17, 15) is 5.11 Å². The summed E-state index contributed by atoms with van der Waals surface area (Å²) in [6, 6.07) is 3.97. The zero-order chi connectivity index (χ0) is 17.4. The predicted octanol–water partition coefficient (Wildman–Crippen LogP) is 4.78. The first-order valence-corrected chi connectivity index (χ1v) is 8.01. The summed E-state index contributed by atoms with van der Waals surface area (Å²) in [5.74, 6) is 0.960. The summed E-state index contributed by atoms with van der Waals surface area (Å²) in [4.78, 5) is 4.54. The highest BCUT2D eigenvalue weighted by Crippen LogP contribution is 2.41. The first kappa shape index (κ1) is 20.5. The maximum atomic E-state index is 10.8. The smallest absolute Gasteiger partial charge is 0.226 e. The molecule has 1 aromatic heterocycles. The topological polar surface area (TPSA) is 58.3 Å². The number of nitrogens with one attached hydrogen (secondary N) is 1. The summed E-state index contributed by atoms with van der Waals surface area (Å²) >= 11 is 0. The van der Waals surface area contributed by atoms with Gasteiger partial charge >= 0.3 is 0 Å². The molecule has 0 saturated carbocycles. The Morgan fingerprint density at radius 3 is 1.96 bits per heavy atom. The van der Waals surface area contributed by atoms with Crippen LogP contribution in [0.2, 0.25) is 0 Å². The van der Waals surface area contributed by atoms with Gasteiger partial charge < -0.3 is 14.8 Å². The van der Waals surface area contributed by atoms with Crippen LogP contribution >= 0.6 is 12.4 Å². The highest BCUT2D eigenvalue weighted by atomic mass is 35.5. The normalized spacial score (nSPS) is 12.1. The lowest BCUT2D eigenvalue weighted by molar-refractivity contribution is 0.423. The number of hydrogen-bond acceptors (Lipinski definition) is 4. The van der Waals surface area contributed by atoms with Gasteiger partial charge in [-0.15, -0.1) is 12.4 Å². The van der Waals surface area contributed by atoms with E-state index in [1.165, 1.54) is 0 Å². The molecule has 0 amide bonds. The summed E-state index contributed by atoms with van der Waals surface area (Å²) in [6.07, 6.45) is 1.67. The van der Waals surface area contributed by atoms with Crippen LogP contribution in [0, 0.1) is 0 Å². The number of rotatable bonds is 3. The monoisotopic (exact) mass is 352 g/mol. The quantitative estimate of drug-likeness (QED) is 0.834. The van der Waals surface area contributed by atoms with Gasteiger partial charge in [0, 0.05) is 23.2 Å². The molecule has 0 aliphatic heterocycles. The molecule has 5 heteroatoms. The van der Waals surface area contributed by atoms with Crippen LogP contribution in [0.5, 0.6) is 5.75 Å². The van der Waals surface area contributed by atoms with Crippen molar-refractivity contribution in [3.05, 3.63) is 35.2 Å². The minimum Gasteiger partial charge on any atom is -0.507 e. The van der Waals surface area contributed by atoms with Crippen LogP contribution in [0.15, 0.2) is 22.8 Å². The van der Waals surface area contributed by atoms with Gasteiger partial charge in [-0.05, 0) is 30.0 Å². The molecule has 0 fully saturated rings. The van der Waals surface area contributed by atoms with Crippen LogP contribution in [0.3, 0.4) is 0 Å². The summed E-state index contributed by atoms with van der Waals surface area (Å²) in [5.41, 5.74) is 3.26. The largest absolute Gasteiger partial charge is 0.507 e. The molecular weight excluding hydrogens is 324 g/mol. The highest BCUT2D eigenvalue weighted by Gasteiger charge is 2.27. The van der Waals surface area contributed by atoms with Gasteiger partial charge in [-0.1, -0.05) is 41.5 Å². The number of phenolic OH excluding ortho intramolecular Hbond substituents is 1. The minimum atomic E-state index is -0.166. The molecule has 1 aromatic carbocycles. The first-order chi connectivity index (χ1) is 10.5. The van der Waals surface area contributed by atoms with E-state index in [2.05, 4.69) is 51.8 Å². The van der Waals surface area contributed by atoms with Crippen molar-refractivity contribution in [3.8, 4) is 17.2 Å². The summed E-state index contributed by atoms with van der Waals surface area (Å²) < 4.78 is 5.65. The van der Waals surface area contributed by atoms with E-state index in [-0.39, 0.29) is 23.2 Å². The van der Waals surface area contributed by atoms with Crippen LogP contribution in [-0.2, 0) is 17.4 Å². The molecule has 2 aromatic rings. The number of hydrogen-bond donors (Lipinski definition) is 2. The first-order valence-electron chi connectivity index (χ1n) is 8.01. The Labute approximate surface area is 151 Å². The molecule has 0 aliphatic rings. The van der Waals surface area contributed by atoms with Crippen molar-refractivity contribution in [2.45, 2.75) is 58.9 Å². The maximum Gasteiger partial charge on any atom is 0.226 e. The van der Waals surface area contributed by atoms with Gasteiger partial charge in [-0.2, -0.15) is 0 Å². The number of benzene rings is 1. The number of oxazole rings is 1. The zero-order valence-electron chi connectivity index (χ0n) is 15.7. The van der Waals surface area contributed by atoms with Gasteiger partial charge in [0.25, 0.3) is 0 Å². The third-order valence-corrected chi connectivity index (χ3v) is 3.88. The van der Waals surface area contributed by atoms with Crippen molar-refractivity contribution in [2.24, 2.45) is 0 Å². The second-order valence-electron chi connectivity index (χ2n) is 8.09. The molecule has 0 unspecified atom stereocenters. The molecule has 0 bridgehead atoms. The Morgan fingerprint density at radius 1 is 1.04 bits per heavy atom. The van der Waals surface area contributed by atoms with Gasteiger partial charge in [-0.25, -0.2) is 4.98 Å². The average molecular weight is 353 g/mol. The fraction of sp³-hybridized carbons (Fsp3) is 0.526. The lowest BCUT2D eigenvalue weighted by Crippen LogP contribution is -2.17. The van der Waals surface area contributed by atoms with Crippen molar-refractivity contribution in [1.29, 1.82) is 0 Å². The molecular formula is C19H29ClN2O2. The molecule has 134 valence electrons. The van der Waals surface area contributed by atoms with Crippen LogP contribution in [0.1, 0.15) is 58.4 Å². The molecule has 24 heavy (non-hydrogen) atoms. The van der Waals surface area contributed by atoms with E-state index < -0.39 is 0 Å². The summed E-state index contributed by atoms with van der Waals surface area (Å²) in [6.45, 7) is 13.3. The molecule has 0 aliphatic carbocycles. The second kappa shape index (κ2) is 7.16. The number of phenols is 1. The molecule has 0 atom stereocenters. The SMILES string of the molecule is CNCc1coc(-c2cc(C(C)(C)C)c(O)c(C(C)(C)C)c2)n1.Cl. The van der Waals surface area contributed by atoms with Crippen molar-refractivity contribution in [2.75, 3.05) is 7.05 Å². The van der Waals surface area contributed by atoms with Crippen molar-refractivity contribution >= 4 is 12.4 Å². The van der Waals surface area contributed by atoms with Crippen molar-refractivity contribution in [1.82, 2.24) is 10.3 Å². The predicted molar refractivity (Wildman–Crippen MR) is 101 cm³/mol. The molecule has 0 radical (unpaired) electrons. The minimum absolute atomic E-state index is 0. The van der Waals surface area contributed by atoms with Crippen LogP contribution in [0.4, 0.5) is 0 Å². The molecule has 4 nitrogen and oxygen atoms in total. The number of halogens is 1. The fourth-order valence-electron chi connectivity index (χ4n) is 2.60. The van der Waals surface area contributed by atoms with E-state index >= 15 is 0 Å². The number of aromatic nitrogens is 1. The Morgan fingerprint density at radius 2 is 1.54 bits per heavy atom. The van der Waals surface area contributed by atoms with E-state index in [1.54, 1.807) is 6.26 Å². The van der Waals surface area contributed by atoms with Crippen LogP contribution in [-0.4, -0.2) is 17.1 Å². The van der Waals surface area contributed by atoms with Crippen LogP contribution < -0.4 is 5.32 Å². The number of nitrogens with zero attached hydrogens (tertiary/aromatic N) is 1. The van der Waals surface area contributed by atoms with Crippen molar-refractivity contribution < 1.29 is 9.52 Å². The lowest BCUT2D eigenvalue weighted by atomic mass is 9.78. The summed E-state index contributed by atoms with van der Waals surface area (Å²) in [5, 5.41) is 13.8. The Hall–Kier alpha value is -1.52. The Balaban J connectivity index is 0.00000288. The van der Waals surface area contributed by atoms with Crippen LogP contribution in [0.25, 0.3) is 11.5 Å². The van der Waals surface area contributed by atoms with Gasteiger partial charge in [0.15, 0.2) is 0 Å². The van der Waals surface area contributed by atoms with E-state index in [0.717, 1.165) is 22.4 Å². The third kappa shape index (κ3) is 4.31. The highest BCUT2D eigenvalue weighted by molar-refractivity contribution is 5.85. The maximum absolute atomic E-state index is 10.8. The van der Waals surface area contributed by atoms with Gasteiger partial charge in [-0.3, -0.25) is 0 Å². The molecule has 2 N–H and O–H groups in total. The van der Waals surface area contributed by atoms with E-state index in [4.69, 9.17) is 4.42 Å². The zero-order valence-corrected chi connectivity index (χ0v) is 16.5. The Bertz CT molecular complexity index is 659. The number of aromatic hydroxyl groups is 1. The standard InChI is InChI=1S/C19H28N2O2.ClH/c1-18(2,3)14-8-12(9-15(16(14)22)19(4,5)6)17-21-13(10-20-7)11-23-17;/h8-9,11,20,22H,10H2,1-7H3;1H. The second-order valence-corrected chi connectivity index (χ2v) is 8.09. The molecule has 0 spiro atoms. The Kier molecular flexibility index (Phi) is 6.12. The molecule has 0 saturated heterocycles. The van der Waals surface area contributed by atoms with Gasteiger partial charge in [0.1, 0.15) is 12.0 Å². The molecule has 1 heterocycles. The third-order valence-electron chi connectivity index (χ3n) is 3.88. The van der Waals surface area contributed by atoms with E-state index in [1.807, 2.05) is 19.2 Å². The van der Waals surface area contributed by atoms with E-state index in [0.29, 0.717) is 18.2 Å².